The van der Waals surface area contributed by atoms with E-state index in [4.69, 9.17) is 4.74 Å². The van der Waals surface area contributed by atoms with Gasteiger partial charge in [-0.3, -0.25) is 0 Å². The van der Waals surface area contributed by atoms with Crippen molar-refractivity contribution in [2.75, 3.05) is 10.6 Å². The van der Waals surface area contributed by atoms with Crippen LogP contribution in [0.15, 0.2) is 67.0 Å². The van der Waals surface area contributed by atoms with E-state index < -0.39 is 35.6 Å². The number of benzene rings is 2. The number of aromatic nitrogens is 2. The quantitative estimate of drug-likeness (QED) is 0.262. The van der Waals surface area contributed by atoms with E-state index >= 15 is 0 Å². The third kappa shape index (κ3) is 5.93. The lowest BCUT2D eigenvalue weighted by Gasteiger charge is -2.17. The smallest absolute Gasteiger partial charge is 0.457 e. The summed E-state index contributed by atoms with van der Waals surface area (Å²) in [4.78, 5) is 19.3. The lowest BCUT2D eigenvalue weighted by Crippen LogP contribution is -2.22. The summed E-state index contributed by atoms with van der Waals surface area (Å²) >= 11 is 0. The SMILES string of the molecule is O=C(Nc1ccc(Oc2ccnc3[nH]ccc23)cc1)Nc1ccc(OC(F)(F)F)c(C(F)(F)F)c1. The van der Waals surface area contributed by atoms with E-state index in [0.29, 0.717) is 29.3 Å². The standard InChI is InChI=1S/C22H14F6N4O3/c23-21(24,25)16-11-13(3-6-18(16)35-22(26,27)28)32-20(33)31-12-1-4-14(5-2-12)34-17-8-10-30-19-15(17)7-9-29-19/h1-11H,(H,29,30)(H2,31,32,33). The molecule has 0 bridgehead atoms. The van der Waals surface area contributed by atoms with Crippen LogP contribution in [0.3, 0.4) is 0 Å². The van der Waals surface area contributed by atoms with Crippen molar-refractivity contribution >= 4 is 28.4 Å². The van der Waals surface area contributed by atoms with Crippen LogP contribution in [0, 0.1) is 0 Å². The van der Waals surface area contributed by atoms with Gasteiger partial charge in [-0.1, -0.05) is 0 Å². The number of H-pyrrole nitrogens is 1. The lowest BCUT2D eigenvalue weighted by molar-refractivity contribution is -0.276. The van der Waals surface area contributed by atoms with E-state index in [2.05, 4.69) is 25.3 Å². The minimum atomic E-state index is -5.31. The Morgan fingerprint density at radius 2 is 1.54 bits per heavy atom. The minimum Gasteiger partial charge on any atom is -0.457 e. The Kier molecular flexibility index (Phi) is 6.16. The molecule has 0 unspecified atom stereocenters. The van der Waals surface area contributed by atoms with Crippen LogP contribution in [-0.4, -0.2) is 22.4 Å². The number of rotatable bonds is 5. The van der Waals surface area contributed by atoms with Crippen molar-refractivity contribution in [3.05, 3.63) is 72.6 Å². The van der Waals surface area contributed by atoms with Crippen molar-refractivity contribution in [1.82, 2.24) is 9.97 Å². The second kappa shape index (κ2) is 9.08. The average molecular weight is 496 g/mol. The van der Waals surface area contributed by atoms with Gasteiger partial charge in [-0.2, -0.15) is 13.2 Å². The molecular weight excluding hydrogens is 482 g/mol. The molecule has 0 fully saturated rings. The van der Waals surface area contributed by atoms with Gasteiger partial charge < -0.3 is 25.1 Å². The average Bonchev–Trinajstić information content (AvgIpc) is 3.24. The summed E-state index contributed by atoms with van der Waals surface area (Å²) in [6.45, 7) is 0. The summed E-state index contributed by atoms with van der Waals surface area (Å²) in [6.07, 6.45) is -7.18. The first-order valence-corrected chi connectivity index (χ1v) is 9.73. The molecule has 0 atom stereocenters. The summed E-state index contributed by atoms with van der Waals surface area (Å²) in [5.74, 6) is -0.439. The summed E-state index contributed by atoms with van der Waals surface area (Å²) in [5.41, 5.74) is -1.16. The van der Waals surface area contributed by atoms with E-state index in [1.807, 2.05) is 0 Å². The number of anilines is 2. The molecule has 0 aliphatic heterocycles. The number of urea groups is 1. The molecule has 0 aliphatic rings. The highest BCUT2D eigenvalue weighted by Crippen LogP contribution is 2.40. The Labute approximate surface area is 192 Å². The zero-order valence-corrected chi connectivity index (χ0v) is 17.3. The molecule has 0 spiro atoms. The maximum atomic E-state index is 13.2. The number of alkyl halides is 6. The van der Waals surface area contributed by atoms with Gasteiger partial charge in [0.15, 0.2) is 0 Å². The fourth-order valence-corrected chi connectivity index (χ4v) is 3.09. The molecule has 13 heteroatoms. The van der Waals surface area contributed by atoms with E-state index in [1.165, 1.54) is 12.1 Å². The van der Waals surface area contributed by atoms with Crippen LogP contribution in [-0.2, 0) is 6.18 Å². The van der Waals surface area contributed by atoms with E-state index in [9.17, 15) is 31.1 Å². The van der Waals surface area contributed by atoms with Crippen LogP contribution < -0.4 is 20.1 Å². The van der Waals surface area contributed by atoms with Gasteiger partial charge >= 0.3 is 18.6 Å². The number of nitrogens with one attached hydrogen (secondary N) is 3. The number of fused-ring (bicyclic) bond motifs is 1. The highest BCUT2D eigenvalue weighted by Gasteiger charge is 2.39. The van der Waals surface area contributed by atoms with Gasteiger partial charge in [-0.15, -0.1) is 13.2 Å². The number of amides is 2. The highest BCUT2D eigenvalue weighted by molar-refractivity contribution is 5.99. The van der Waals surface area contributed by atoms with E-state index in [1.54, 1.807) is 36.7 Å². The zero-order chi connectivity index (χ0) is 25.2. The maximum Gasteiger partial charge on any atom is 0.573 e. The van der Waals surface area contributed by atoms with Gasteiger partial charge in [0.25, 0.3) is 0 Å². The molecule has 7 nitrogen and oxygen atoms in total. The summed E-state index contributed by atoms with van der Waals surface area (Å²) in [7, 11) is 0. The first-order valence-electron chi connectivity index (χ1n) is 9.73. The molecule has 182 valence electrons. The van der Waals surface area contributed by atoms with E-state index in [-0.39, 0.29) is 5.69 Å². The minimum absolute atomic E-state index is 0.282. The second-order valence-corrected chi connectivity index (χ2v) is 7.01. The van der Waals surface area contributed by atoms with Gasteiger partial charge in [0, 0.05) is 23.8 Å². The van der Waals surface area contributed by atoms with Crippen LogP contribution in [0.25, 0.3) is 11.0 Å². The van der Waals surface area contributed by atoms with Crippen molar-refractivity contribution in [3.8, 4) is 17.2 Å². The molecule has 35 heavy (non-hydrogen) atoms. The topological polar surface area (TPSA) is 88.3 Å². The third-order valence-electron chi connectivity index (χ3n) is 4.53. The number of hydrogen-bond acceptors (Lipinski definition) is 4. The number of hydrogen-bond donors (Lipinski definition) is 3. The number of aromatic amines is 1. The Balaban J connectivity index is 1.42. The van der Waals surface area contributed by atoms with Gasteiger partial charge in [0.2, 0.25) is 0 Å². The number of nitrogens with zero attached hydrogens (tertiary/aromatic N) is 1. The molecule has 3 N–H and O–H groups in total. The molecule has 0 saturated carbocycles. The summed E-state index contributed by atoms with van der Waals surface area (Å²) in [6, 6.07) is 10.3. The molecule has 0 aliphatic carbocycles. The number of halogens is 6. The van der Waals surface area contributed by atoms with Gasteiger partial charge in [-0.05, 0) is 54.6 Å². The van der Waals surface area contributed by atoms with Crippen LogP contribution >= 0.6 is 0 Å². The largest absolute Gasteiger partial charge is 0.573 e. The predicted octanol–water partition coefficient (Wildman–Crippen LogP) is 6.92. The van der Waals surface area contributed by atoms with Crippen molar-refractivity contribution < 1.29 is 40.6 Å². The molecule has 4 aromatic rings. The lowest BCUT2D eigenvalue weighted by atomic mass is 10.1. The van der Waals surface area contributed by atoms with Crippen LogP contribution in [0.4, 0.5) is 42.5 Å². The molecule has 2 aromatic heterocycles. The van der Waals surface area contributed by atoms with Gasteiger partial charge in [-0.25, -0.2) is 9.78 Å². The Hall–Kier alpha value is -4.42. The number of carbonyl (C=O) groups excluding carboxylic acids is 1. The van der Waals surface area contributed by atoms with Gasteiger partial charge in [0.1, 0.15) is 22.9 Å². The third-order valence-corrected chi connectivity index (χ3v) is 4.53. The number of pyridine rings is 1. The van der Waals surface area contributed by atoms with Crippen molar-refractivity contribution in [1.29, 1.82) is 0 Å². The van der Waals surface area contributed by atoms with Crippen molar-refractivity contribution in [2.24, 2.45) is 0 Å². The molecule has 2 amide bonds. The number of carbonyl (C=O) groups is 1. The van der Waals surface area contributed by atoms with Crippen LogP contribution in [0.2, 0.25) is 0 Å². The second-order valence-electron chi connectivity index (χ2n) is 7.01. The normalized spacial score (nSPS) is 11.8. The predicted molar refractivity (Wildman–Crippen MR) is 113 cm³/mol. The molecule has 2 heterocycles. The van der Waals surface area contributed by atoms with Gasteiger partial charge in [0.05, 0.1) is 10.9 Å². The molecule has 0 saturated heterocycles. The van der Waals surface area contributed by atoms with Crippen molar-refractivity contribution in [3.63, 3.8) is 0 Å². The Bertz CT molecular complexity index is 1350. The van der Waals surface area contributed by atoms with E-state index in [0.717, 1.165) is 11.5 Å². The number of ether oxygens (including phenoxy) is 2. The summed E-state index contributed by atoms with van der Waals surface area (Å²) in [5, 5.41) is 5.30. The fourth-order valence-electron chi connectivity index (χ4n) is 3.09. The van der Waals surface area contributed by atoms with Crippen molar-refractivity contribution in [2.45, 2.75) is 12.5 Å². The Morgan fingerprint density at radius 1 is 0.857 bits per heavy atom. The molecule has 4 rings (SSSR count). The Morgan fingerprint density at radius 3 is 2.23 bits per heavy atom. The zero-order valence-electron chi connectivity index (χ0n) is 17.3. The molecule has 0 radical (unpaired) electrons. The molecular formula is C22H14F6N4O3. The highest BCUT2D eigenvalue weighted by atomic mass is 19.4. The monoisotopic (exact) mass is 496 g/mol. The maximum absolute atomic E-state index is 13.2. The molecule has 2 aromatic carbocycles. The first-order chi connectivity index (χ1) is 16.5. The first kappa shape index (κ1) is 23.7. The van der Waals surface area contributed by atoms with Crippen LogP contribution in [0.5, 0.6) is 17.2 Å². The van der Waals surface area contributed by atoms with Crippen LogP contribution in [0.1, 0.15) is 5.56 Å². The fraction of sp³-hybridized carbons (Fsp3) is 0.0909. The summed E-state index contributed by atoms with van der Waals surface area (Å²) < 4.78 is 85.9.